The van der Waals surface area contributed by atoms with E-state index in [4.69, 9.17) is 5.11 Å². The second-order valence-corrected chi connectivity index (χ2v) is 3.05. The molecule has 0 heterocycles. The number of hydrogen-bond donors (Lipinski definition) is 1. The highest BCUT2D eigenvalue weighted by Crippen LogP contribution is 2.08. The summed E-state index contributed by atoms with van der Waals surface area (Å²) in [5, 5.41) is 8.48. The van der Waals surface area contributed by atoms with Crippen molar-refractivity contribution in [3.63, 3.8) is 0 Å². The van der Waals surface area contributed by atoms with Gasteiger partial charge in [0, 0.05) is 0 Å². The Morgan fingerprint density at radius 2 is 1.85 bits per heavy atom. The molecule has 0 aromatic heterocycles. The van der Waals surface area contributed by atoms with Crippen LogP contribution in [0.15, 0.2) is 5.57 Å². The van der Waals surface area contributed by atoms with Gasteiger partial charge in [-0.05, 0) is 12.8 Å². The molecule has 0 atom stereocenters. The summed E-state index contributed by atoms with van der Waals surface area (Å²) in [6, 6.07) is 0. The standard InChI is InChI=1S/C10H16O3/c1-2-3-4-5-6-7-9(8-11)10(12)13/h2-7H2,1H3,(H,12,13). The Labute approximate surface area is 78.5 Å². The summed E-state index contributed by atoms with van der Waals surface area (Å²) in [5.41, 5.74) is -0.128. The van der Waals surface area contributed by atoms with Crippen molar-refractivity contribution in [1.82, 2.24) is 0 Å². The van der Waals surface area contributed by atoms with Crippen molar-refractivity contribution in [2.24, 2.45) is 0 Å². The van der Waals surface area contributed by atoms with Gasteiger partial charge in [-0.25, -0.2) is 9.59 Å². The van der Waals surface area contributed by atoms with E-state index in [1.54, 1.807) is 0 Å². The average Bonchev–Trinajstić information content (AvgIpc) is 2.10. The molecule has 0 aliphatic heterocycles. The third-order valence-electron chi connectivity index (χ3n) is 1.91. The van der Waals surface area contributed by atoms with Crippen molar-refractivity contribution in [1.29, 1.82) is 0 Å². The van der Waals surface area contributed by atoms with Crippen molar-refractivity contribution in [3.8, 4) is 0 Å². The molecule has 0 radical (unpaired) electrons. The van der Waals surface area contributed by atoms with Crippen LogP contribution in [0.4, 0.5) is 0 Å². The lowest BCUT2D eigenvalue weighted by Crippen LogP contribution is -2.01. The summed E-state index contributed by atoms with van der Waals surface area (Å²) in [6.07, 6.45) is 5.57. The second-order valence-electron chi connectivity index (χ2n) is 3.05. The Hall–Kier alpha value is -1.08. The van der Waals surface area contributed by atoms with Crippen molar-refractivity contribution >= 4 is 11.9 Å². The number of carboxylic acid groups (broad SMARTS) is 1. The zero-order valence-electron chi connectivity index (χ0n) is 8.01. The van der Waals surface area contributed by atoms with Gasteiger partial charge in [-0.15, -0.1) is 0 Å². The summed E-state index contributed by atoms with van der Waals surface area (Å²) < 4.78 is 0. The van der Waals surface area contributed by atoms with Crippen LogP contribution in [0.1, 0.15) is 45.4 Å². The Bertz CT molecular complexity index is 202. The summed E-state index contributed by atoms with van der Waals surface area (Å²) >= 11 is 0. The predicted octanol–water partition coefficient (Wildman–Crippen LogP) is 2.19. The molecule has 0 aliphatic rings. The molecule has 0 amide bonds. The lowest BCUT2D eigenvalue weighted by molar-refractivity contribution is -0.132. The Morgan fingerprint density at radius 3 is 2.31 bits per heavy atom. The third-order valence-corrected chi connectivity index (χ3v) is 1.91. The zero-order chi connectivity index (χ0) is 10.1. The normalized spacial score (nSPS) is 9.31. The fraction of sp³-hybridized carbons (Fsp3) is 0.700. The van der Waals surface area contributed by atoms with E-state index in [0.29, 0.717) is 6.42 Å². The maximum Gasteiger partial charge on any atom is 0.342 e. The maximum absolute atomic E-state index is 10.4. The number of carbonyl (C=O) groups excluding carboxylic acids is 1. The lowest BCUT2D eigenvalue weighted by Gasteiger charge is -1.98. The van der Waals surface area contributed by atoms with Crippen molar-refractivity contribution < 1.29 is 14.7 Å². The van der Waals surface area contributed by atoms with E-state index in [1.165, 1.54) is 12.4 Å². The van der Waals surface area contributed by atoms with Gasteiger partial charge in [-0.3, -0.25) is 0 Å². The Kier molecular flexibility index (Phi) is 6.93. The highest BCUT2D eigenvalue weighted by molar-refractivity contribution is 5.95. The number of carboxylic acids is 1. The quantitative estimate of drug-likeness (QED) is 0.375. The van der Waals surface area contributed by atoms with Crippen LogP contribution in [0.5, 0.6) is 0 Å². The molecular weight excluding hydrogens is 168 g/mol. The molecule has 3 heteroatoms. The number of aliphatic carboxylic acids is 1. The van der Waals surface area contributed by atoms with Gasteiger partial charge in [0.1, 0.15) is 11.5 Å². The van der Waals surface area contributed by atoms with Crippen LogP contribution in [-0.2, 0) is 9.59 Å². The lowest BCUT2D eigenvalue weighted by atomic mass is 10.1. The van der Waals surface area contributed by atoms with Crippen LogP contribution in [-0.4, -0.2) is 17.0 Å². The number of hydrogen-bond acceptors (Lipinski definition) is 2. The van der Waals surface area contributed by atoms with E-state index in [9.17, 15) is 9.59 Å². The van der Waals surface area contributed by atoms with Gasteiger partial charge in [0.15, 0.2) is 0 Å². The smallest absolute Gasteiger partial charge is 0.342 e. The molecule has 0 unspecified atom stereocenters. The van der Waals surface area contributed by atoms with Gasteiger partial charge in [-0.1, -0.05) is 32.6 Å². The molecular formula is C10H16O3. The van der Waals surface area contributed by atoms with E-state index in [2.05, 4.69) is 6.92 Å². The van der Waals surface area contributed by atoms with Crippen molar-refractivity contribution in [2.45, 2.75) is 45.4 Å². The van der Waals surface area contributed by atoms with E-state index < -0.39 is 5.97 Å². The Balaban J connectivity index is 3.52. The van der Waals surface area contributed by atoms with Gasteiger partial charge in [-0.2, -0.15) is 0 Å². The predicted molar refractivity (Wildman–Crippen MR) is 50.2 cm³/mol. The SMILES string of the molecule is CCCCCCCC(=C=O)C(=O)O. The maximum atomic E-state index is 10.4. The first kappa shape index (κ1) is 11.9. The molecule has 13 heavy (non-hydrogen) atoms. The molecule has 0 saturated carbocycles. The third kappa shape index (κ3) is 6.12. The fourth-order valence-electron chi connectivity index (χ4n) is 1.11. The van der Waals surface area contributed by atoms with Crippen LogP contribution >= 0.6 is 0 Å². The molecule has 0 aromatic carbocycles. The van der Waals surface area contributed by atoms with Gasteiger partial charge >= 0.3 is 5.97 Å². The molecule has 0 bridgehead atoms. The van der Waals surface area contributed by atoms with Crippen LogP contribution in [0.25, 0.3) is 0 Å². The number of rotatable bonds is 7. The molecule has 0 spiro atoms. The van der Waals surface area contributed by atoms with Crippen LogP contribution in [0.2, 0.25) is 0 Å². The zero-order valence-corrected chi connectivity index (χ0v) is 8.01. The second kappa shape index (κ2) is 7.56. The average molecular weight is 184 g/mol. The molecule has 74 valence electrons. The summed E-state index contributed by atoms with van der Waals surface area (Å²) in [7, 11) is 0. The monoisotopic (exact) mass is 184 g/mol. The van der Waals surface area contributed by atoms with Gasteiger partial charge < -0.3 is 5.11 Å². The number of carbonyl (C=O) groups is 1. The summed E-state index contributed by atoms with van der Waals surface area (Å²) in [4.78, 5) is 20.5. The highest BCUT2D eigenvalue weighted by Gasteiger charge is 2.06. The summed E-state index contributed by atoms with van der Waals surface area (Å²) in [5.74, 6) is 0.326. The first-order valence-corrected chi connectivity index (χ1v) is 4.69. The molecule has 0 fully saturated rings. The van der Waals surface area contributed by atoms with E-state index >= 15 is 0 Å². The van der Waals surface area contributed by atoms with Crippen LogP contribution in [0.3, 0.4) is 0 Å². The highest BCUT2D eigenvalue weighted by atomic mass is 16.4. The summed E-state index contributed by atoms with van der Waals surface area (Å²) in [6.45, 7) is 2.12. The molecule has 0 rings (SSSR count). The number of unbranched alkanes of at least 4 members (excludes halogenated alkanes) is 4. The van der Waals surface area contributed by atoms with Crippen molar-refractivity contribution in [3.05, 3.63) is 5.57 Å². The molecule has 3 nitrogen and oxygen atoms in total. The van der Waals surface area contributed by atoms with Gasteiger partial charge in [0.25, 0.3) is 0 Å². The van der Waals surface area contributed by atoms with Gasteiger partial charge in [0.05, 0.1) is 0 Å². The Morgan fingerprint density at radius 1 is 1.23 bits per heavy atom. The van der Waals surface area contributed by atoms with Crippen LogP contribution in [0, 0.1) is 0 Å². The first-order chi connectivity index (χ1) is 6.22. The minimum atomic E-state index is -1.13. The minimum absolute atomic E-state index is 0.128. The molecule has 0 aromatic rings. The largest absolute Gasteiger partial charge is 0.477 e. The van der Waals surface area contributed by atoms with Gasteiger partial charge in [0.2, 0.25) is 0 Å². The van der Waals surface area contributed by atoms with Crippen molar-refractivity contribution in [2.75, 3.05) is 0 Å². The van der Waals surface area contributed by atoms with Crippen LogP contribution < -0.4 is 0 Å². The van der Waals surface area contributed by atoms with E-state index in [0.717, 1.165) is 25.7 Å². The molecule has 1 N–H and O–H groups in total. The fourth-order valence-corrected chi connectivity index (χ4v) is 1.11. The molecule has 0 aliphatic carbocycles. The first-order valence-electron chi connectivity index (χ1n) is 4.69. The molecule has 0 saturated heterocycles. The van der Waals surface area contributed by atoms with E-state index in [1.807, 2.05) is 0 Å². The topological polar surface area (TPSA) is 54.4 Å². The van der Waals surface area contributed by atoms with E-state index in [-0.39, 0.29) is 5.57 Å². The minimum Gasteiger partial charge on any atom is -0.477 e.